The van der Waals surface area contributed by atoms with Gasteiger partial charge in [-0.3, -0.25) is 0 Å². The maximum atomic E-state index is 15.1. The van der Waals surface area contributed by atoms with Crippen LogP contribution < -0.4 is 0 Å². The molecule has 2 nitrogen and oxygen atoms in total. The van der Waals surface area contributed by atoms with E-state index in [1.807, 2.05) is 30.3 Å². The molecule has 0 radical (unpaired) electrons. The largest absolute Gasteiger partial charge is 0.352 e. The number of fused-ring (bicyclic) bond motifs is 1. The first kappa shape index (κ1) is 23.2. The molecule has 0 atom stereocenters. The van der Waals surface area contributed by atoms with Crippen LogP contribution in [-0.2, 0) is 28.7 Å². The predicted molar refractivity (Wildman–Crippen MR) is 125 cm³/mol. The van der Waals surface area contributed by atoms with E-state index >= 15 is 4.39 Å². The summed E-state index contributed by atoms with van der Waals surface area (Å²) in [4.78, 5) is 0. The van der Waals surface area contributed by atoms with Crippen molar-refractivity contribution in [3.05, 3.63) is 81.9 Å². The SMILES string of the molecule is CCCC1COC(CCc2ccc3c(F)c(CCc4ccc(Cl)c(F)c4)ccc3c2)OC1. The van der Waals surface area contributed by atoms with Crippen molar-refractivity contribution in [2.75, 3.05) is 13.2 Å². The van der Waals surface area contributed by atoms with E-state index in [4.69, 9.17) is 21.1 Å². The number of ether oxygens (including phenoxy) is 2. The third-order valence-electron chi connectivity index (χ3n) is 6.17. The van der Waals surface area contributed by atoms with Crippen LogP contribution in [-0.4, -0.2) is 19.5 Å². The fourth-order valence-corrected chi connectivity index (χ4v) is 4.44. The third-order valence-corrected chi connectivity index (χ3v) is 6.47. The summed E-state index contributed by atoms with van der Waals surface area (Å²) < 4.78 is 40.4. The van der Waals surface area contributed by atoms with Crippen LogP contribution in [0.3, 0.4) is 0 Å². The maximum absolute atomic E-state index is 15.1. The van der Waals surface area contributed by atoms with Gasteiger partial charge in [-0.2, -0.15) is 0 Å². The van der Waals surface area contributed by atoms with Gasteiger partial charge in [0.25, 0.3) is 0 Å². The second-order valence-electron chi connectivity index (χ2n) is 8.63. The number of rotatable bonds is 8. The summed E-state index contributed by atoms with van der Waals surface area (Å²) in [6.07, 6.45) is 4.80. The smallest absolute Gasteiger partial charge is 0.157 e. The van der Waals surface area contributed by atoms with E-state index in [0.717, 1.165) is 55.4 Å². The van der Waals surface area contributed by atoms with Gasteiger partial charge >= 0.3 is 0 Å². The summed E-state index contributed by atoms with van der Waals surface area (Å²) in [5.74, 6) is -0.141. The third kappa shape index (κ3) is 5.67. The highest BCUT2D eigenvalue weighted by molar-refractivity contribution is 6.30. The molecule has 4 rings (SSSR count). The molecular formula is C27H29ClF2O2. The van der Waals surface area contributed by atoms with Gasteiger partial charge in [0.2, 0.25) is 0 Å². The Morgan fingerprint density at radius 3 is 2.38 bits per heavy atom. The van der Waals surface area contributed by atoms with Crippen molar-refractivity contribution in [2.45, 2.75) is 51.7 Å². The zero-order valence-electron chi connectivity index (χ0n) is 18.4. The zero-order valence-corrected chi connectivity index (χ0v) is 19.1. The van der Waals surface area contributed by atoms with Gasteiger partial charge in [0, 0.05) is 17.7 Å². The van der Waals surface area contributed by atoms with Gasteiger partial charge in [-0.15, -0.1) is 0 Å². The van der Waals surface area contributed by atoms with E-state index in [9.17, 15) is 4.39 Å². The van der Waals surface area contributed by atoms with Crippen molar-refractivity contribution in [1.29, 1.82) is 0 Å². The van der Waals surface area contributed by atoms with Crippen LogP contribution in [0.25, 0.3) is 10.8 Å². The van der Waals surface area contributed by atoms with Crippen LogP contribution in [0.4, 0.5) is 8.78 Å². The quantitative estimate of drug-likeness (QED) is 0.353. The maximum Gasteiger partial charge on any atom is 0.157 e. The number of hydrogen-bond acceptors (Lipinski definition) is 2. The van der Waals surface area contributed by atoms with Gasteiger partial charge < -0.3 is 9.47 Å². The number of benzene rings is 3. The molecule has 1 aliphatic rings. The van der Waals surface area contributed by atoms with Crippen molar-refractivity contribution in [3.63, 3.8) is 0 Å². The summed E-state index contributed by atoms with van der Waals surface area (Å²) in [7, 11) is 0. The van der Waals surface area contributed by atoms with Gasteiger partial charge in [0.15, 0.2) is 6.29 Å². The van der Waals surface area contributed by atoms with E-state index in [2.05, 4.69) is 6.92 Å². The van der Waals surface area contributed by atoms with Gasteiger partial charge in [0.05, 0.1) is 18.2 Å². The van der Waals surface area contributed by atoms with Gasteiger partial charge in [0.1, 0.15) is 11.6 Å². The monoisotopic (exact) mass is 458 g/mol. The Morgan fingerprint density at radius 2 is 1.62 bits per heavy atom. The van der Waals surface area contributed by atoms with Crippen LogP contribution in [0.15, 0.2) is 48.5 Å². The highest BCUT2D eigenvalue weighted by atomic mass is 35.5. The molecule has 1 fully saturated rings. The Bertz CT molecular complexity index is 1060. The topological polar surface area (TPSA) is 18.5 Å². The molecule has 0 amide bonds. The van der Waals surface area contributed by atoms with Crippen molar-refractivity contribution in [1.82, 2.24) is 0 Å². The second kappa shape index (κ2) is 10.7. The van der Waals surface area contributed by atoms with Crippen molar-refractivity contribution in [3.8, 4) is 0 Å². The van der Waals surface area contributed by atoms with Crippen molar-refractivity contribution >= 4 is 22.4 Å². The molecule has 1 heterocycles. The lowest BCUT2D eigenvalue weighted by Gasteiger charge is -2.29. The number of aryl methyl sites for hydroxylation is 3. The van der Waals surface area contributed by atoms with E-state index < -0.39 is 5.82 Å². The predicted octanol–water partition coefficient (Wildman–Crippen LogP) is 7.28. The molecule has 1 aliphatic heterocycles. The van der Waals surface area contributed by atoms with E-state index in [0.29, 0.717) is 29.7 Å². The first-order valence-electron chi connectivity index (χ1n) is 11.4. The zero-order chi connectivity index (χ0) is 22.5. The molecule has 1 saturated heterocycles. The Hall–Kier alpha value is -2.01. The molecule has 5 heteroatoms. The van der Waals surface area contributed by atoms with Crippen LogP contribution in [0.2, 0.25) is 5.02 Å². The summed E-state index contributed by atoms with van der Waals surface area (Å²) in [6.45, 7) is 3.72. The minimum absolute atomic E-state index is 0.101. The summed E-state index contributed by atoms with van der Waals surface area (Å²) in [6, 6.07) is 14.4. The minimum atomic E-state index is -0.444. The molecule has 3 aromatic carbocycles. The fourth-order valence-electron chi connectivity index (χ4n) is 4.32. The van der Waals surface area contributed by atoms with Gasteiger partial charge in [-0.1, -0.05) is 61.3 Å². The standard InChI is InChI=1S/C27H29ClF2O2/c1-2-3-20-16-31-26(32-17-20)13-7-18-5-11-23-22(14-18)10-9-21(27(23)30)8-4-19-6-12-24(28)25(29)15-19/h5-6,9-12,14-15,20,26H,2-4,7-8,13,16-17H2,1H3. The molecule has 3 aromatic rings. The van der Waals surface area contributed by atoms with Crippen molar-refractivity contribution in [2.24, 2.45) is 5.92 Å². The highest BCUT2D eigenvalue weighted by Gasteiger charge is 2.21. The fraction of sp³-hybridized carbons (Fsp3) is 0.407. The first-order chi connectivity index (χ1) is 15.5. The Morgan fingerprint density at radius 1 is 0.875 bits per heavy atom. The number of halogens is 3. The van der Waals surface area contributed by atoms with Crippen molar-refractivity contribution < 1.29 is 18.3 Å². The van der Waals surface area contributed by atoms with Crippen LogP contribution >= 0.6 is 11.6 Å². The van der Waals surface area contributed by atoms with E-state index in [1.54, 1.807) is 6.07 Å². The Balaban J connectivity index is 1.37. The normalized spacial score (nSPS) is 18.9. The van der Waals surface area contributed by atoms with Gasteiger partial charge in [-0.05, 0) is 59.9 Å². The average Bonchev–Trinajstić information content (AvgIpc) is 2.80. The Labute approximate surface area is 193 Å². The average molecular weight is 459 g/mol. The molecule has 170 valence electrons. The highest BCUT2D eigenvalue weighted by Crippen LogP contribution is 2.26. The van der Waals surface area contributed by atoms with E-state index in [1.165, 1.54) is 12.1 Å². The second-order valence-corrected chi connectivity index (χ2v) is 9.04. The molecule has 0 N–H and O–H groups in total. The molecular weight excluding hydrogens is 430 g/mol. The molecule has 0 aliphatic carbocycles. The lowest BCUT2D eigenvalue weighted by atomic mass is 9.98. The summed E-state index contributed by atoms with van der Waals surface area (Å²) >= 11 is 5.74. The van der Waals surface area contributed by atoms with Crippen LogP contribution in [0, 0.1) is 17.6 Å². The first-order valence-corrected chi connectivity index (χ1v) is 11.8. The minimum Gasteiger partial charge on any atom is -0.352 e. The molecule has 32 heavy (non-hydrogen) atoms. The van der Waals surface area contributed by atoms with Crippen LogP contribution in [0.5, 0.6) is 0 Å². The number of hydrogen-bond donors (Lipinski definition) is 0. The molecule has 0 bridgehead atoms. The molecule has 0 unspecified atom stereocenters. The molecule has 0 aromatic heterocycles. The lowest BCUT2D eigenvalue weighted by molar-refractivity contribution is -0.203. The molecule has 0 saturated carbocycles. The molecule has 0 spiro atoms. The van der Waals surface area contributed by atoms with Crippen LogP contribution in [0.1, 0.15) is 42.9 Å². The summed E-state index contributed by atoms with van der Waals surface area (Å²) in [5, 5.41) is 1.60. The Kier molecular flexibility index (Phi) is 7.77. The lowest BCUT2D eigenvalue weighted by Crippen LogP contribution is -2.32. The van der Waals surface area contributed by atoms with E-state index in [-0.39, 0.29) is 17.1 Å². The van der Waals surface area contributed by atoms with Gasteiger partial charge in [-0.25, -0.2) is 8.78 Å². The summed E-state index contributed by atoms with van der Waals surface area (Å²) in [5.41, 5.74) is 2.57.